The van der Waals surface area contributed by atoms with Crippen LogP contribution >= 0.6 is 0 Å². The zero-order valence-electron chi connectivity index (χ0n) is 7.36. The number of hydrogen-bond acceptors (Lipinski definition) is 2. The largest absolute Gasteiger partial charge is 3.00 e. The molecule has 0 saturated heterocycles. The van der Waals surface area contributed by atoms with Gasteiger partial charge in [-0.1, -0.05) is 12.1 Å². The Morgan fingerprint density at radius 2 is 1.92 bits per heavy atom. The molecule has 1 rings (SSSR count). The molecule has 1 aromatic carbocycles. The summed E-state index contributed by atoms with van der Waals surface area (Å²) in [5, 5.41) is 0. The maximum absolute atomic E-state index is 9.86. The average molecular weight is 250 g/mol. The zero-order chi connectivity index (χ0) is 8.81. The number of hydrogen-bond donors (Lipinski definition) is 0. The van der Waals surface area contributed by atoms with Gasteiger partial charge in [0.1, 0.15) is 5.75 Å². The Hall–Kier alpha value is -0.466. The second kappa shape index (κ2) is 6.99. The summed E-state index contributed by atoms with van der Waals surface area (Å²) in [6.07, 6.45) is 4.71. The van der Waals surface area contributed by atoms with Crippen LogP contribution in [-0.2, 0) is 37.5 Å². The van der Waals surface area contributed by atoms with Crippen molar-refractivity contribution in [1.29, 1.82) is 0 Å². The van der Waals surface area contributed by atoms with Crippen molar-refractivity contribution in [2.24, 2.45) is 0 Å². The standard InChI is InChI=1S/C10H9O2.Y/c1-12-10-6-4-9(5-7-10)3-2-8-11;/h2-7H,1H3;/q-1;+3/b3-2+;. The van der Waals surface area contributed by atoms with Gasteiger partial charge in [0.25, 0.3) is 0 Å². The molecule has 0 atom stereocenters. The summed E-state index contributed by atoms with van der Waals surface area (Å²) in [5.74, 6) is 0.808. The van der Waals surface area contributed by atoms with Gasteiger partial charge in [0.15, 0.2) is 0 Å². The Labute approximate surface area is 103 Å². The van der Waals surface area contributed by atoms with Gasteiger partial charge in [-0.25, -0.2) is 6.08 Å². The van der Waals surface area contributed by atoms with Crippen molar-refractivity contribution < 1.29 is 42.2 Å². The maximum Gasteiger partial charge on any atom is 3.00 e. The van der Waals surface area contributed by atoms with E-state index in [9.17, 15) is 4.79 Å². The van der Waals surface area contributed by atoms with Gasteiger partial charge in [-0.15, -0.1) is 5.56 Å². The van der Waals surface area contributed by atoms with E-state index in [-0.39, 0.29) is 32.7 Å². The van der Waals surface area contributed by atoms with Crippen molar-refractivity contribution in [3.8, 4) is 5.75 Å². The number of benzene rings is 1. The number of methoxy groups -OCH3 is 1. The van der Waals surface area contributed by atoms with Crippen LogP contribution in [0.15, 0.2) is 30.3 Å². The smallest absolute Gasteiger partial charge is 0.497 e. The van der Waals surface area contributed by atoms with Gasteiger partial charge < -0.3 is 9.53 Å². The molecule has 0 spiro atoms. The molecule has 62 valence electrons. The van der Waals surface area contributed by atoms with Crippen LogP contribution in [0, 0.1) is 0 Å². The number of rotatable bonds is 3. The number of carbonyl (C=O) groups excluding carboxylic acids is 1. The van der Waals surface area contributed by atoms with Crippen molar-refractivity contribution in [3.63, 3.8) is 0 Å². The molecule has 0 fully saturated rings. The summed E-state index contributed by atoms with van der Waals surface area (Å²) >= 11 is 0. The molecule has 0 N–H and O–H groups in total. The molecule has 0 heterocycles. The quantitative estimate of drug-likeness (QED) is 0.604. The summed E-state index contributed by atoms with van der Waals surface area (Å²) < 4.78 is 4.97. The van der Waals surface area contributed by atoms with Gasteiger partial charge in [-0.2, -0.15) is 6.08 Å². The van der Waals surface area contributed by atoms with Crippen LogP contribution in [0.2, 0.25) is 0 Å². The minimum Gasteiger partial charge on any atom is -0.497 e. The van der Waals surface area contributed by atoms with Crippen LogP contribution in [0.1, 0.15) is 5.56 Å². The molecule has 0 unspecified atom stereocenters. The SMILES string of the molecule is COc1ccc(/C=C/[C-]=O)cc1.[Y+3]. The van der Waals surface area contributed by atoms with Gasteiger partial charge >= 0.3 is 32.7 Å². The first kappa shape index (κ1) is 12.5. The Kier molecular flexibility index (Phi) is 6.74. The van der Waals surface area contributed by atoms with Crippen LogP contribution in [0.3, 0.4) is 0 Å². The van der Waals surface area contributed by atoms with Gasteiger partial charge in [0, 0.05) is 0 Å². The molecule has 1 aromatic rings. The van der Waals surface area contributed by atoms with Crippen LogP contribution in [0.4, 0.5) is 0 Å². The molecule has 0 amide bonds. The van der Waals surface area contributed by atoms with Crippen molar-refractivity contribution in [3.05, 3.63) is 35.9 Å². The van der Waals surface area contributed by atoms with E-state index in [1.165, 1.54) is 6.08 Å². The van der Waals surface area contributed by atoms with E-state index in [2.05, 4.69) is 0 Å². The predicted molar refractivity (Wildman–Crippen MR) is 47.7 cm³/mol. The molecule has 0 aromatic heterocycles. The van der Waals surface area contributed by atoms with Crippen molar-refractivity contribution in [1.82, 2.24) is 0 Å². The van der Waals surface area contributed by atoms with Gasteiger partial charge in [0.2, 0.25) is 0 Å². The summed E-state index contributed by atoms with van der Waals surface area (Å²) in [7, 11) is 1.62. The third-order valence-electron chi connectivity index (χ3n) is 1.46. The minimum absolute atomic E-state index is 0. The maximum atomic E-state index is 9.86. The normalized spacial score (nSPS) is 9.31. The number of ether oxygens (including phenoxy) is 1. The molecule has 0 aliphatic carbocycles. The summed E-state index contributed by atoms with van der Waals surface area (Å²) in [6.45, 7) is 0. The fraction of sp³-hybridized carbons (Fsp3) is 0.100. The zero-order valence-corrected chi connectivity index (χ0v) is 10.2. The first-order chi connectivity index (χ1) is 5.86. The molecule has 13 heavy (non-hydrogen) atoms. The third-order valence-corrected chi connectivity index (χ3v) is 1.46. The second-order valence-electron chi connectivity index (χ2n) is 2.22. The average Bonchev–Trinajstić information content (AvgIpc) is 2.15. The number of allylic oxidation sites excluding steroid dienone is 1. The van der Waals surface area contributed by atoms with Crippen LogP contribution < -0.4 is 4.74 Å². The Morgan fingerprint density at radius 3 is 2.38 bits per heavy atom. The topological polar surface area (TPSA) is 26.3 Å². The molecule has 0 saturated carbocycles. The first-order valence-corrected chi connectivity index (χ1v) is 3.55. The molecule has 0 aliphatic rings. The second-order valence-corrected chi connectivity index (χ2v) is 2.22. The van der Waals surface area contributed by atoms with E-state index in [1.807, 2.05) is 24.3 Å². The van der Waals surface area contributed by atoms with E-state index in [0.29, 0.717) is 0 Å². The minimum atomic E-state index is 0. The fourth-order valence-electron chi connectivity index (χ4n) is 0.845. The fourth-order valence-corrected chi connectivity index (χ4v) is 0.845. The summed E-state index contributed by atoms with van der Waals surface area (Å²) in [4.78, 5) is 9.86. The molecule has 0 bridgehead atoms. The first-order valence-electron chi connectivity index (χ1n) is 3.55. The van der Waals surface area contributed by atoms with Crippen LogP contribution in [-0.4, -0.2) is 13.4 Å². The van der Waals surface area contributed by atoms with Gasteiger partial charge in [0.05, 0.1) is 7.11 Å². The van der Waals surface area contributed by atoms with E-state index in [4.69, 9.17) is 4.74 Å². The van der Waals surface area contributed by atoms with Crippen molar-refractivity contribution in [2.75, 3.05) is 7.11 Å². The third kappa shape index (κ3) is 4.34. The van der Waals surface area contributed by atoms with E-state index >= 15 is 0 Å². The van der Waals surface area contributed by atoms with Gasteiger partial charge in [-0.05, 0) is 18.4 Å². The van der Waals surface area contributed by atoms with Gasteiger partial charge in [-0.3, -0.25) is 0 Å². The Balaban J connectivity index is 0.00000144. The molecular weight excluding hydrogens is 241 g/mol. The van der Waals surface area contributed by atoms with E-state index in [1.54, 1.807) is 19.5 Å². The molecule has 0 aliphatic heterocycles. The predicted octanol–water partition coefficient (Wildman–Crippen LogP) is 1.82. The van der Waals surface area contributed by atoms with E-state index in [0.717, 1.165) is 11.3 Å². The Bertz CT molecular complexity index is 277. The summed E-state index contributed by atoms with van der Waals surface area (Å²) in [6, 6.07) is 7.41. The monoisotopic (exact) mass is 250 g/mol. The summed E-state index contributed by atoms with van der Waals surface area (Å²) in [5.41, 5.74) is 0.958. The van der Waals surface area contributed by atoms with Crippen LogP contribution in [0.25, 0.3) is 6.08 Å². The van der Waals surface area contributed by atoms with Crippen molar-refractivity contribution in [2.45, 2.75) is 0 Å². The molecule has 3 heteroatoms. The molecule has 2 nitrogen and oxygen atoms in total. The Morgan fingerprint density at radius 1 is 1.31 bits per heavy atom. The molecule has 0 radical (unpaired) electrons. The molecular formula is C10H9O2Y+2. The van der Waals surface area contributed by atoms with Crippen LogP contribution in [0.5, 0.6) is 5.75 Å². The van der Waals surface area contributed by atoms with E-state index < -0.39 is 0 Å². The van der Waals surface area contributed by atoms with Crippen molar-refractivity contribution >= 4 is 12.4 Å².